The molecule has 8 nitrogen and oxygen atoms in total. The van der Waals surface area contributed by atoms with Crippen molar-refractivity contribution < 1.29 is 23.8 Å². The predicted molar refractivity (Wildman–Crippen MR) is 161 cm³/mol. The average Bonchev–Trinajstić information content (AvgIpc) is 3.40. The Morgan fingerprint density at radius 2 is 1.56 bits per heavy atom. The number of aryl methyl sites for hydroxylation is 1. The number of nitrogens with zero attached hydrogens (tertiary/aromatic N) is 1. The highest BCUT2D eigenvalue weighted by molar-refractivity contribution is 7.99. The third-order valence-electron chi connectivity index (χ3n) is 6.33. The Labute approximate surface area is 244 Å². The molecular formula is C32H37N3O5S. The predicted octanol–water partition coefficient (Wildman–Crippen LogP) is 5.59. The standard InChI is InChI=1S/C32H37N3O5S/c1-31(2,3)40-30(37)33-20-27(41-21-24-14-8-5-9-15-24)28(36)34-22-32(38,19-18-23-12-6-4-7-13-23)29-35-25-16-10-11-17-26(25)39-29/h4-17,27,38H,18-22H2,1-3H3,(H,33,37)(H,34,36). The fourth-order valence-electron chi connectivity index (χ4n) is 4.17. The third-order valence-corrected chi connectivity index (χ3v) is 7.62. The minimum absolute atomic E-state index is 0.0591. The molecule has 9 heteroatoms. The van der Waals surface area contributed by atoms with E-state index in [0.717, 1.165) is 11.1 Å². The fraction of sp³-hybridized carbons (Fsp3) is 0.344. The molecule has 1 aromatic heterocycles. The van der Waals surface area contributed by atoms with E-state index in [4.69, 9.17) is 9.15 Å². The van der Waals surface area contributed by atoms with Crippen molar-refractivity contribution in [2.75, 3.05) is 13.1 Å². The van der Waals surface area contributed by atoms with Crippen LogP contribution in [0.4, 0.5) is 4.79 Å². The topological polar surface area (TPSA) is 114 Å². The summed E-state index contributed by atoms with van der Waals surface area (Å²) in [5.41, 5.74) is 1.07. The van der Waals surface area contributed by atoms with E-state index in [1.807, 2.05) is 78.9 Å². The number of para-hydroxylation sites is 2. The van der Waals surface area contributed by atoms with Gasteiger partial charge in [-0.3, -0.25) is 4.79 Å². The number of ether oxygens (including phenoxy) is 1. The first-order chi connectivity index (χ1) is 19.6. The van der Waals surface area contributed by atoms with Crippen molar-refractivity contribution in [1.29, 1.82) is 0 Å². The van der Waals surface area contributed by atoms with Gasteiger partial charge in [0.2, 0.25) is 11.8 Å². The van der Waals surface area contributed by atoms with Crippen LogP contribution in [0.15, 0.2) is 89.3 Å². The smallest absolute Gasteiger partial charge is 0.407 e. The number of benzene rings is 3. The normalized spacial score (nSPS) is 13.8. The van der Waals surface area contributed by atoms with E-state index < -0.39 is 22.5 Å². The summed E-state index contributed by atoms with van der Waals surface area (Å²) in [6.45, 7) is 5.29. The summed E-state index contributed by atoms with van der Waals surface area (Å²) < 4.78 is 11.3. The number of hydrogen-bond donors (Lipinski definition) is 3. The van der Waals surface area contributed by atoms with Crippen molar-refractivity contribution in [3.8, 4) is 0 Å². The lowest BCUT2D eigenvalue weighted by Crippen LogP contribution is -2.47. The van der Waals surface area contributed by atoms with Gasteiger partial charge in [0, 0.05) is 12.3 Å². The van der Waals surface area contributed by atoms with E-state index in [2.05, 4.69) is 15.6 Å². The van der Waals surface area contributed by atoms with Crippen molar-refractivity contribution in [3.63, 3.8) is 0 Å². The molecule has 0 spiro atoms. The number of aliphatic hydroxyl groups is 1. The van der Waals surface area contributed by atoms with E-state index in [1.54, 1.807) is 26.8 Å². The Balaban J connectivity index is 1.49. The van der Waals surface area contributed by atoms with Crippen LogP contribution in [0.5, 0.6) is 0 Å². The van der Waals surface area contributed by atoms with Gasteiger partial charge < -0.3 is 24.9 Å². The van der Waals surface area contributed by atoms with E-state index in [0.29, 0.717) is 23.3 Å². The van der Waals surface area contributed by atoms with Gasteiger partial charge >= 0.3 is 6.09 Å². The van der Waals surface area contributed by atoms with Crippen molar-refractivity contribution >= 4 is 34.9 Å². The van der Waals surface area contributed by atoms with E-state index in [1.165, 1.54) is 11.8 Å². The minimum Gasteiger partial charge on any atom is -0.444 e. The van der Waals surface area contributed by atoms with Gasteiger partial charge in [0.1, 0.15) is 16.4 Å². The SMILES string of the molecule is CC(C)(C)OC(=O)NCC(SCc1ccccc1)C(=O)NCC(O)(CCc1ccccc1)c1nc2ccccc2o1. The summed E-state index contributed by atoms with van der Waals surface area (Å²) >= 11 is 1.40. The largest absolute Gasteiger partial charge is 0.444 e. The van der Waals surface area contributed by atoms with Crippen molar-refractivity contribution in [3.05, 3.63) is 102 Å². The molecular weight excluding hydrogens is 538 g/mol. The molecule has 0 aliphatic rings. The highest BCUT2D eigenvalue weighted by Gasteiger charge is 2.36. The molecule has 216 valence electrons. The number of carbonyl (C=O) groups is 2. The van der Waals surface area contributed by atoms with Crippen molar-refractivity contribution in [2.24, 2.45) is 0 Å². The maximum Gasteiger partial charge on any atom is 0.407 e. The maximum atomic E-state index is 13.5. The molecule has 41 heavy (non-hydrogen) atoms. The van der Waals surface area contributed by atoms with Gasteiger partial charge in [-0.05, 0) is 56.9 Å². The Morgan fingerprint density at radius 1 is 0.927 bits per heavy atom. The van der Waals surface area contributed by atoms with Crippen LogP contribution in [0.1, 0.15) is 44.2 Å². The number of nitrogens with one attached hydrogen (secondary N) is 2. The first-order valence-electron chi connectivity index (χ1n) is 13.6. The highest BCUT2D eigenvalue weighted by atomic mass is 32.2. The molecule has 4 aromatic rings. The van der Waals surface area contributed by atoms with Crippen LogP contribution in [-0.2, 0) is 27.3 Å². The number of aromatic nitrogens is 1. The van der Waals surface area contributed by atoms with Crippen LogP contribution in [0.2, 0.25) is 0 Å². The van der Waals surface area contributed by atoms with Crippen LogP contribution in [0, 0.1) is 0 Å². The van der Waals surface area contributed by atoms with E-state index >= 15 is 0 Å². The van der Waals surface area contributed by atoms with Crippen LogP contribution in [-0.4, -0.2) is 46.0 Å². The van der Waals surface area contributed by atoms with Gasteiger partial charge in [-0.1, -0.05) is 72.8 Å². The van der Waals surface area contributed by atoms with Gasteiger partial charge in [-0.2, -0.15) is 0 Å². The number of fused-ring (bicyclic) bond motifs is 1. The zero-order valence-corrected chi connectivity index (χ0v) is 24.4. The van der Waals surface area contributed by atoms with Crippen molar-refractivity contribution in [1.82, 2.24) is 15.6 Å². The zero-order valence-electron chi connectivity index (χ0n) is 23.6. The maximum absolute atomic E-state index is 13.5. The molecule has 3 aromatic carbocycles. The molecule has 0 saturated carbocycles. The molecule has 0 bridgehead atoms. The van der Waals surface area contributed by atoms with Crippen LogP contribution in [0.3, 0.4) is 0 Å². The molecule has 0 aliphatic heterocycles. The summed E-state index contributed by atoms with van der Waals surface area (Å²) in [5, 5.41) is 16.8. The zero-order chi connectivity index (χ0) is 29.3. The molecule has 0 radical (unpaired) electrons. The van der Waals surface area contributed by atoms with E-state index in [-0.39, 0.29) is 31.3 Å². The summed E-state index contributed by atoms with van der Waals surface area (Å²) in [4.78, 5) is 30.4. The summed E-state index contributed by atoms with van der Waals surface area (Å²) in [6.07, 6.45) is 0.238. The molecule has 0 aliphatic carbocycles. The Morgan fingerprint density at radius 3 is 2.22 bits per heavy atom. The van der Waals surface area contributed by atoms with E-state index in [9.17, 15) is 14.7 Å². The van der Waals surface area contributed by atoms with Crippen LogP contribution >= 0.6 is 11.8 Å². The lowest BCUT2D eigenvalue weighted by atomic mass is 9.94. The quantitative estimate of drug-likeness (QED) is 0.202. The Bertz CT molecular complexity index is 1390. The summed E-state index contributed by atoms with van der Waals surface area (Å²) in [5.74, 6) is 0.393. The third kappa shape index (κ3) is 9.09. The lowest BCUT2D eigenvalue weighted by Gasteiger charge is -2.27. The molecule has 0 fully saturated rings. The highest BCUT2D eigenvalue weighted by Crippen LogP contribution is 2.29. The van der Waals surface area contributed by atoms with Gasteiger partial charge in [-0.25, -0.2) is 9.78 Å². The van der Waals surface area contributed by atoms with Crippen molar-refractivity contribution in [2.45, 2.75) is 55.8 Å². The number of carbonyl (C=O) groups excluding carboxylic acids is 2. The summed E-state index contributed by atoms with van der Waals surface area (Å²) in [6, 6.07) is 26.9. The lowest BCUT2D eigenvalue weighted by molar-refractivity contribution is -0.122. The van der Waals surface area contributed by atoms with Crippen LogP contribution < -0.4 is 10.6 Å². The van der Waals surface area contributed by atoms with Gasteiger partial charge in [0.25, 0.3) is 0 Å². The number of alkyl carbamates (subject to hydrolysis) is 1. The Hall–Kier alpha value is -3.82. The average molecular weight is 576 g/mol. The Kier molecular flexibility index (Phi) is 10.1. The molecule has 0 saturated heterocycles. The first kappa shape index (κ1) is 30.1. The van der Waals surface area contributed by atoms with Crippen LogP contribution in [0.25, 0.3) is 11.1 Å². The number of rotatable bonds is 12. The second kappa shape index (κ2) is 13.7. The molecule has 2 unspecified atom stereocenters. The monoisotopic (exact) mass is 575 g/mol. The first-order valence-corrected chi connectivity index (χ1v) is 14.7. The van der Waals surface area contributed by atoms with Gasteiger partial charge in [0.05, 0.1) is 6.54 Å². The molecule has 4 rings (SSSR count). The molecule has 2 amide bonds. The fourth-order valence-corrected chi connectivity index (χ4v) is 5.20. The second-order valence-corrected chi connectivity index (χ2v) is 12.1. The number of oxazole rings is 1. The minimum atomic E-state index is -1.56. The van der Waals surface area contributed by atoms with Gasteiger partial charge in [0.15, 0.2) is 11.2 Å². The second-order valence-electron chi connectivity index (χ2n) is 10.9. The summed E-state index contributed by atoms with van der Waals surface area (Å²) in [7, 11) is 0. The van der Waals surface area contributed by atoms with Gasteiger partial charge in [-0.15, -0.1) is 11.8 Å². The number of thioether (sulfide) groups is 1. The molecule has 2 atom stereocenters. The molecule has 3 N–H and O–H groups in total. The number of amides is 2. The molecule has 1 heterocycles. The number of hydrogen-bond acceptors (Lipinski definition) is 7.